The van der Waals surface area contributed by atoms with Gasteiger partial charge in [-0.1, -0.05) is 18.2 Å². The lowest BCUT2D eigenvalue weighted by atomic mass is 10.2. The summed E-state index contributed by atoms with van der Waals surface area (Å²) in [5, 5.41) is 5.72. The summed E-state index contributed by atoms with van der Waals surface area (Å²) in [6.45, 7) is 0. The second-order valence-corrected chi connectivity index (χ2v) is 7.23. The van der Waals surface area contributed by atoms with Crippen LogP contribution in [0.1, 0.15) is 21.5 Å². The molecule has 3 rings (SSSR count). The number of amides is 2. The highest BCUT2D eigenvalue weighted by Gasteiger charge is 2.30. The average molecular weight is 515 g/mol. The lowest BCUT2D eigenvalue weighted by Crippen LogP contribution is -2.32. The summed E-state index contributed by atoms with van der Waals surface area (Å²) in [7, 11) is 2.78. The molecule has 0 aliphatic heterocycles. The zero-order valence-electron chi connectivity index (χ0n) is 19.5. The average Bonchev–Trinajstić information content (AvgIpc) is 2.88. The van der Waals surface area contributed by atoms with Crippen molar-refractivity contribution in [2.45, 2.75) is 6.18 Å². The molecule has 0 atom stereocenters. The maximum absolute atomic E-state index is 12.8. The Morgan fingerprint density at radius 3 is 2.27 bits per heavy atom. The van der Waals surface area contributed by atoms with Gasteiger partial charge in [-0.05, 0) is 54.1 Å². The molecule has 0 aliphatic rings. The molecule has 0 spiro atoms. The van der Waals surface area contributed by atoms with Gasteiger partial charge in [-0.15, -0.1) is 0 Å². The molecule has 37 heavy (non-hydrogen) atoms. The van der Waals surface area contributed by atoms with Gasteiger partial charge in [-0.25, -0.2) is 10.2 Å². The van der Waals surface area contributed by atoms with E-state index >= 15 is 0 Å². The van der Waals surface area contributed by atoms with Crippen LogP contribution in [0.4, 0.5) is 18.9 Å². The number of para-hydroxylation sites is 1. The monoisotopic (exact) mass is 515 g/mol. The number of nitrogens with one attached hydrogen (secondary N) is 2. The quantitative estimate of drug-likeness (QED) is 0.161. The van der Waals surface area contributed by atoms with Crippen molar-refractivity contribution >= 4 is 29.7 Å². The van der Waals surface area contributed by atoms with Crippen LogP contribution in [0.25, 0.3) is 0 Å². The Balaban J connectivity index is 1.62. The van der Waals surface area contributed by atoms with Crippen LogP contribution in [0.2, 0.25) is 0 Å². The number of halogens is 3. The van der Waals surface area contributed by atoms with Crippen LogP contribution in [-0.2, 0) is 15.8 Å². The fourth-order valence-electron chi connectivity index (χ4n) is 2.99. The predicted octanol–water partition coefficient (Wildman–Crippen LogP) is 4.03. The van der Waals surface area contributed by atoms with Crippen molar-refractivity contribution in [3.63, 3.8) is 0 Å². The Labute approximate surface area is 208 Å². The van der Waals surface area contributed by atoms with E-state index in [1.54, 1.807) is 24.3 Å². The van der Waals surface area contributed by atoms with Crippen LogP contribution < -0.4 is 25.0 Å². The number of hydrogen-bond acceptors (Lipinski definition) is 7. The highest BCUT2D eigenvalue weighted by atomic mass is 19.4. The first kappa shape index (κ1) is 26.7. The van der Waals surface area contributed by atoms with E-state index in [1.165, 1.54) is 44.7 Å². The Bertz CT molecular complexity index is 1340. The number of anilines is 1. The smallest absolute Gasteiger partial charge is 0.416 e. The molecule has 0 fully saturated rings. The van der Waals surface area contributed by atoms with E-state index in [2.05, 4.69) is 10.4 Å². The fraction of sp³-hybridized carbons (Fsp3) is 0.120. The van der Waals surface area contributed by atoms with Crippen LogP contribution in [-0.4, -0.2) is 38.2 Å². The van der Waals surface area contributed by atoms with Crippen LogP contribution in [0.3, 0.4) is 0 Å². The predicted molar refractivity (Wildman–Crippen MR) is 127 cm³/mol. The number of carbonyl (C=O) groups excluding carboxylic acids is 3. The van der Waals surface area contributed by atoms with Crippen molar-refractivity contribution in [1.82, 2.24) is 5.43 Å². The van der Waals surface area contributed by atoms with E-state index in [4.69, 9.17) is 14.2 Å². The summed E-state index contributed by atoms with van der Waals surface area (Å²) >= 11 is 0. The van der Waals surface area contributed by atoms with Crippen LogP contribution in [0.5, 0.6) is 17.2 Å². The standard InChI is InChI=1S/C25H20F3N3O6/c1-35-19-9-4-3-8-18(19)24(34)37-20-11-10-15(12-21(20)36-2)14-29-31-23(33)22(32)30-17-7-5-6-16(13-17)25(26,27)28/h3-14H,1-2H3,(H,30,32)(H,31,33)/b29-14+. The van der Waals surface area contributed by atoms with Gasteiger partial charge in [0.05, 0.1) is 26.0 Å². The summed E-state index contributed by atoms with van der Waals surface area (Å²) in [6, 6.07) is 14.8. The summed E-state index contributed by atoms with van der Waals surface area (Å²) in [6.07, 6.45) is -3.42. The Hall–Kier alpha value is -4.87. The minimum Gasteiger partial charge on any atom is -0.496 e. The van der Waals surface area contributed by atoms with Crippen molar-refractivity contribution < 1.29 is 41.8 Å². The zero-order chi connectivity index (χ0) is 27.0. The molecule has 0 saturated carbocycles. The number of ether oxygens (including phenoxy) is 3. The first-order valence-corrected chi connectivity index (χ1v) is 10.5. The summed E-state index contributed by atoms with van der Waals surface area (Å²) in [4.78, 5) is 36.5. The van der Waals surface area contributed by atoms with Gasteiger partial charge in [0.2, 0.25) is 0 Å². The van der Waals surface area contributed by atoms with Crippen LogP contribution >= 0.6 is 0 Å². The molecule has 2 N–H and O–H groups in total. The lowest BCUT2D eigenvalue weighted by molar-refractivity contribution is -0.137. The molecule has 3 aromatic carbocycles. The van der Waals surface area contributed by atoms with Gasteiger partial charge in [-0.2, -0.15) is 18.3 Å². The highest BCUT2D eigenvalue weighted by molar-refractivity contribution is 6.39. The molecule has 0 radical (unpaired) electrons. The maximum atomic E-state index is 12.8. The molecule has 3 aromatic rings. The Morgan fingerprint density at radius 1 is 0.838 bits per heavy atom. The molecule has 0 aliphatic carbocycles. The molecule has 0 bridgehead atoms. The SMILES string of the molecule is COc1cc(/C=N/NC(=O)C(=O)Nc2cccc(C(F)(F)F)c2)ccc1OC(=O)c1ccccc1OC. The lowest BCUT2D eigenvalue weighted by Gasteiger charge is -2.11. The Kier molecular flexibility index (Phi) is 8.46. The summed E-state index contributed by atoms with van der Waals surface area (Å²) in [5.74, 6) is -2.46. The topological polar surface area (TPSA) is 115 Å². The van der Waals surface area contributed by atoms with Crippen molar-refractivity contribution in [2.75, 3.05) is 19.5 Å². The van der Waals surface area contributed by atoms with Gasteiger partial charge in [0.25, 0.3) is 0 Å². The minimum absolute atomic E-state index is 0.111. The largest absolute Gasteiger partial charge is 0.496 e. The zero-order valence-corrected chi connectivity index (χ0v) is 19.5. The fourth-order valence-corrected chi connectivity index (χ4v) is 2.99. The summed E-state index contributed by atoms with van der Waals surface area (Å²) < 4.78 is 54.2. The van der Waals surface area contributed by atoms with Gasteiger partial charge >= 0.3 is 24.0 Å². The number of rotatable bonds is 7. The van der Waals surface area contributed by atoms with Gasteiger partial charge in [0, 0.05) is 5.69 Å². The van der Waals surface area contributed by atoms with E-state index in [9.17, 15) is 27.6 Å². The van der Waals surface area contributed by atoms with E-state index in [1.807, 2.05) is 5.43 Å². The van der Waals surface area contributed by atoms with Gasteiger partial charge in [0.15, 0.2) is 11.5 Å². The van der Waals surface area contributed by atoms with E-state index < -0.39 is 29.5 Å². The van der Waals surface area contributed by atoms with Gasteiger partial charge in [0.1, 0.15) is 11.3 Å². The van der Waals surface area contributed by atoms with Crippen molar-refractivity contribution in [2.24, 2.45) is 5.10 Å². The number of carbonyl (C=O) groups is 3. The third-order valence-corrected chi connectivity index (χ3v) is 4.75. The molecular formula is C25H20F3N3O6. The molecular weight excluding hydrogens is 495 g/mol. The molecule has 9 nitrogen and oxygen atoms in total. The van der Waals surface area contributed by atoms with E-state index in [0.29, 0.717) is 17.4 Å². The van der Waals surface area contributed by atoms with Crippen molar-refractivity contribution in [3.05, 3.63) is 83.4 Å². The number of methoxy groups -OCH3 is 2. The van der Waals surface area contributed by atoms with Crippen molar-refractivity contribution in [3.8, 4) is 17.2 Å². The molecule has 0 unspecified atom stereocenters. The normalized spacial score (nSPS) is 11.1. The first-order chi connectivity index (χ1) is 17.6. The first-order valence-electron chi connectivity index (χ1n) is 10.5. The number of hydrogen-bond donors (Lipinski definition) is 2. The minimum atomic E-state index is -4.60. The second-order valence-electron chi connectivity index (χ2n) is 7.23. The molecule has 192 valence electrons. The maximum Gasteiger partial charge on any atom is 0.416 e. The molecule has 2 amide bonds. The number of benzene rings is 3. The molecule has 12 heteroatoms. The van der Waals surface area contributed by atoms with Gasteiger partial charge < -0.3 is 19.5 Å². The third-order valence-electron chi connectivity index (χ3n) is 4.75. The Morgan fingerprint density at radius 2 is 1.57 bits per heavy atom. The van der Waals surface area contributed by atoms with E-state index in [0.717, 1.165) is 12.1 Å². The van der Waals surface area contributed by atoms with Gasteiger partial charge in [-0.3, -0.25) is 9.59 Å². The number of alkyl halides is 3. The molecule has 0 aromatic heterocycles. The third kappa shape index (κ3) is 7.07. The van der Waals surface area contributed by atoms with Crippen LogP contribution in [0.15, 0.2) is 71.8 Å². The highest BCUT2D eigenvalue weighted by Crippen LogP contribution is 2.31. The molecule has 0 saturated heterocycles. The van der Waals surface area contributed by atoms with Crippen molar-refractivity contribution in [1.29, 1.82) is 0 Å². The number of hydrazone groups is 1. The second kappa shape index (κ2) is 11.7. The number of nitrogens with zero attached hydrogens (tertiary/aromatic N) is 1. The summed E-state index contributed by atoms with van der Waals surface area (Å²) in [5.41, 5.74) is 1.41. The van der Waals surface area contributed by atoms with E-state index in [-0.39, 0.29) is 22.7 Å². The van der Waals surface area contributed by atoms with Crippen LogP contribution in [0, 0.1) is 0 Å². The molecule has 0 heterocycles. The number of esters is 1.